The third-order valence-corrected chi connectivity index (χ3v) is 8.86. The molecule has 6 heteroatoms. The number of hydrogen-bond donors (Lipinski definition) is 0. The van der Waals surface area contributed by atoms with Crippen molar-refractivity contribution in [2.24, 2.45) is 11.8 Å². The standard InChI is InChI=1S/C26H33ClN2O3/c27-22-12-6-5-11-21(22)26(16-24(31)29(25(26)32)20-9-3-4-10-20)15-23(30)28-14-13-18-7-1-2-8-19(18)17-28/h5-6,11-12,18-20H,1-4,7-10,13-17H2/t18-,19-,26+/m0/s1. The van der Waals surface area contributed by atoms with Crippen molar-refractivity contribution >= 4 is 29.3 Å². The zero-order valence-corrected chi connectivity index (χ0v) is 19.5. The molecule has 3 atom stereocenters. The molecule has 2 aliphatic heterocycles. The van der Waals surface area contributed by atoms with Crippen molar-refractivity contribution in [2.45, 2.75) is 82.1 Å². The summed E-state index contributed by atoms with van der Waals surface area (Å²) in [6, 6.07) is 7.22. The fraction of sp³-hybridized carbons (Fsp3) is 0.654. The molecule has 3 amide bonds. The van der Waals surface area contributed by atoms with E-state index < -0.39 is 5.41 Å². The molecule has 0 spiro atoms. The maximum absolute atomic E-state index is 13.9. The quantitative estimate of drug-likeness (QED) is 0.616. The highest BCUT2D eigenvalue weighted by Gasteiger charge is 2.56. The molecule has 172 valence electrons. The molecular weight excluding hydrogens is 424 g/mol. The molecule has 5 nitrogen and oxygen atoms in total. The number of piperidine rings is 1. The summed E-state index contributed by atoms with van der Waals surface area (Å²) in [4.78, 5) is 44.1. The topological polar surface area (TPSA) is 57.7 Å². The summed E-state index contributed by atoms with van der Waals surface area (Å²) >= 11 is 6.57. The number of nitrogens with zero attached hydrogens (tertiary/aromatic N) is 2. The van der Waals surface area contributed by atoms with E-state index in [2.05, 4.69) is 0 Å². The Morgan fingerprint density at radius 3 is 2.41 bits per heavy atom. The molecule has 32 heavy (non-hydrogen) atoms. The van der Waals surface area contributed by atoms with Crippen molar-refractivity contribution in [2.75, 3.05) is 13.1 Å². The summed E-state index contributed by atoms with van der Waals surface area (Å²) in [6.45, 7) is 1.55. The number of fused-ring (bicyclic) bond motifs is 1. The maximum Gasteiger partial charge on any atom is 0.241 e. The van der Waals surface area contributed by atoms with Gasteiger partial charge in [0.1, 0.15) is 0 Å². The lowest BCUT2D eigenvalue weighted by Gasteiger charge is -2.42. The largest absolute Gasteiger partial charge is 0.342 e. The third-order valence-electron chi connectivity index (χ3n) is 8.53. The summed E-state index contributed by atoms with van der Waals surface area (Å²) in [5.41, 5.74) is -0.556. The first-order valence-corrected chi connectivity index (χ1v) is 12.8. The molecule has 4 fully saturated rings. The Hall–Kier alpha value is -1.88. The molecule has 0 bridgehead atoms. The lowest BCUT2D eigenvalue weighted by atomic mass is 9.73. The van der Waals surface area contributed by atoms with Gasteiger partial charge < -0.3 is 4.90 Å². The second kappa shape index (κ2) is 8.81. The van der Waals surface area contributed by atoms with E-state index in [0.717, 1.165) is 51.1 Å². The lowest BCUT2D eigenvalue weighted by molar-refractivity contribution is -0.145. The fourth-order valence-corrected chi connectivity index (χ4v) is 7.10. The third kappa shape index (κ3) is 3.76. The average molecular weight is 457 g/mol. The van der Waals surface area contributed by atoms with Crippen molar-refractivity contribution < 1.29 is 14.4 Å². The zero-order chi connectivity index (χ0) is 22.3. The number of imide groups is 1. The molecule has 4 aliphatic rings. The summed E-state index contributed by atoms with van der Waals surface area (Å²) < 4.78 is 0. The number of carbonyl (C=O) groups is 3. The number of halogens is 1. The average Bonchev–Trinajstić information content (AvgIpc) is 3.40. The van der Waals surface area contributed by atoms with Gasteiger partial charge in [0.15, 0.2) is 0 Å². The molecule has 2 saturated heterocycles. The highest BCUT2D eigenvalue weighted by atomic mass is 35.5. The van der Waals surface area contributed by atoms with Gasteiger partial charge in [0.25, 0.3) is 0 Å². The minimum atomic E-state index is -1.18. The van der Waals surface area contributed by atoms with E-state index in [1.165, 1.54) is 30.6 Å². The second-order valence-electron chi connectivity index (χ2n) is 10.4. The van der Waals surface area contributed by atoms with Crippen molar-refractivity contribution in [1.29, 1.82) is 0 Å². The monoisotopic (exact) mass is 456 g/mol. The van der Waals surface area contributed by atoms with Gasteiger partial charge in [-0.1, -0.05) is 61.9 Å². The van der Waals surface area contributed by atoms with Crippen LogP contribution in [0.1, 0.15) is 76.2 Å². The molecule has 0 radical (unpaired) electrons. The van der Waals surface area contributed by atoms with Crippen LogP contribution < -0.4 is 0 Å². The van der Waals surface area contributed by atoms with E-state index in [1.807, 2.05) is 23.1 Å². The van der Waals surface area contributed by atoms with E-state index in [0.29, 0.717) is 16.5 Å². The molecule has 0 unspecified atom stereocenters. The van der Waals surface area contributed by atoms with Crippen LogP contribution in [0.4, 0.5) is 0 Å². The molecule has 1 aromatic carbocycles. The van der Waals surface area contributed by atoms with Crippen LogP contribution in [0.5, 0.6) is 0 Å². The number of hydrogen-bond acceptors (Lipinski definition) is 3. The van der Waals surface area contributed by atoms with E-state index in [1.54, 1.807) is 6.07 Å². The van der Waals surface area contributed by atoms with Gasteiger partial charge >= 0.3 is 0 Å². The van der Waals surface area contributed by atoms with Crippen LogP contribution >= 0.6 is 11.6 Å². The predicted molar refractivity (Wildman–Crippen MR) is 123 cm³/mol. The van der Waals surface area contributed by atoms with Gasteiger partial charge in [0, 0.05) is 37.0 Å². The van der Waals surface area contributed by atoms with E-state index in [9.17, 15) is 14.4 Å². The van der Waals surface area contributed by atoms with Crippen molar-refractivity contribution in [1.82, 2.24) is 9.80 Å². The Morgan fingerprint density at radius 2 is 1.66 bits per heavy atom. The van der Waals surface area contributed by atoms with Crippen LogP contribution in [0.3, 0.4) is 0 Å². The van der Waals surface area contributed by atoms with Crippen molar-refractivity contribution in [3.8, 4) is 0 Å². The Bertz CT molecular complexity index is 912. The van der Waals surface area contributed by atoms with Gasteiger partial charge in [-0.25, -0.2) is 0 Å². The van der Waals surface area contributed by atoms with Crippen LogP contribution in [0.15, 0.2) is 24.3 Å². The van der Waals surface area contributed by atoms with E-state index in [-0.39, 0.29) is 36.6 Å². The summed E-state index contributed by atoms with van der Waals surface area (Å²) in [5, 5.41) is 0.459. The fourth-order valence-electron chi connectivity index (χ4n) is 6.79. The molecule has 1 aromatic rings. The normalized spacial score (nSPS) is 31.3. The number of rotatable bonds is 4. The van der Waals surface area contributed by atoms with Crippen LogP contribution in [-0.4, -0.2) is 46.7 Å². The Balaban J connectivity index is 1.44. The number of benzene rings is 1. The van der Waals surface area contributed by atoms with Gasteiger partial charge in [-0.15, -0.1) is 0 Å². The Kier molecular flexibility index (Phi) is 6.04. The van der Waals surface area contributed by atoms with Crippen LogP contribution in [-0.2, 0) is 19.8 Å². The first kappa shape index (κ1) is 21.9. The Morgan fingerprint density at radius 1 is 0.969 bits per heavy atom. The van der Waals surface area contributed by atoms with Crippen molar-refractivity contribution in [3.05, 3.63) is 34.9 Å². The summed E-state index contributed by atoms with van der Waals surface area (Å²) in [5.74, 6) is 0.930. The molecule has 5 rings (SSSR count). The Labute approximate surface area is 195 Å². The first-order chi connectivity index (χ1) is 15.5. The number of likely N-dealkylation sites (tertiary alicyclic amines) is 2. The highest BCUT2D eigenvalue weighted by molar-refractivity contribution is 6.32. The first-order valence-electron chi connectivity index (χ1n) is 12.4. The molecule has 0 N–H and O–H groups in total. The predicted octanol–water partition coefficient (Wildman–Crippen LogP) is 4.71. The van der Waals surface area contributed by atoms with E-state index >= 15 is 0 Å². The van der Waals surface area contributed by atoms with Crippen LogP contribution in [0, 0.1) is 11.8 Å². The van der Waals surface area contributed by atoms with Crippen LogP contribution in [0.25, 0.3) is 0 Å². The zero-order valence-electron chi connectivity index (χ0n) is 18.7. The van der Waals surface area contributed by atoms with Crippen molar-refractivity contribution in [3.63, 3.8) is 0 Å². The van der Waals surface area contributed by atoms with Gasteiger partial charge in [-0.05, 0) is 49.1 Å². The molecular formula is C26H33ClN2O3. The SMILES string of the molecule is O=C(C[C@]1(c2ccccc2Cl)CC(=O)N(C2CCCC2)C1=O)N1CC[C@@H]2CCCC[C@H]2C1. The summed E-state index contributed by atoms with van der Waals surface area (Å²) in [6.07, 6.45) is 9.94. The van der Waals surface area contributed by atoms with Gasteiger partial charge in [-0.2, -0.15) is 0 Å². The van der Waals surface area contributed by atoms with Gasteiger partial charge in [0.05, 0.1) is 5.41 Å². The smallest absolute Gasteiger partial charge is 0.241 e. The molecule has 2 saturated carbocycles. The molecule has 0 aromatic heterocycles. The number of carbonyl (C=O) groups excluding carboxylic acids is 3. The second-order valence-corrected chi connectivity index (χ2v) is 10.8. The number of amides is 3. The summed E-state index contributed by atoms with van der Waals surface area (Å²) in [7, 11) is 0. The highest BCUT2D eigenvalue weighted by Crippen LogP contribution is 2.46. The van der Waals surface area contributed by atoms with Gasteiger partial charge in [-0.3, -0.25) is 19.3 Å². The maximum atomic E-state index is 13.9. The molecule has 2 heterocycles. The van der Waals surface area contributed by atoms with Gasteiger partial charge in [0.2, 0.25) is 17.7 Å². The lowest BCUT2D eigenvalue weighted by Crippen LogP contribution is -2.49. The van der Waals surface area contributed by atoms with E-state index in [4.69, 9.17) is 11.6 Å². The minimum Gasteiger partial charge on any atom is -0.342 e. The van der Waals surface area contributed by atoms with Crippen LogP contribution in [0.2, 0.25) is 5.02 Å². The molecule has 2 aliphatic carbocycles. The minimum absolute atomic E-state index is 0.0108.